The van der Waals surface area contributed by atoms with Gasteiger partial charge in [0.1, 0.15) is 5.82 Å². The second kappa shape index (κ2) is 7.19. The van der Waals surface area contributed by atoms with E-state index >= 15 is 0 Å². The van der Waals surface area contributed by atoms with E-state index < -0.39 is 17.5 Å². The summed E-state index contributed by atoms with van der Waals surface area (Å²) in [6, 6.07) is 4.99. The van der Waals surface area contributed by atoms with Crippen LogP contribution in [0.15, 0.2) is 36.7 Å². The highest BCUT2D eigenvalue weighted by Gasteiger charge is 2.14. The Kier molecular flexibility index (Phi) is 5.30. The van der Waals surface area contributed by atoms with Crippen molar-refractivity contribution in [2.75, 3.05) is 13.2 Å². The number of nitrogens with zero attached hydrogens (tertiary/aromatic N) is 2. The molecule has 0 saturated carbocycles. The fourth-order valence-electron chi connectivity index (χ4n) is 2.03. The van der Waals surface area contributed by atoms with Crippen LogP contribution in [0.1, 0.15) is 11.1 Å². The third-order valence-corrected chi connectivity index (χ3v) is 3.03. The molecule has 112 valence electrons. The molecule has 1 aromatic carbocycles. The minimum atomic E-state index is -1.21. The number of aliphatic hydroxyl groups is 1. The first-order chi connectivity index (χ1) is 10.1. The normalized spacial score (nSPS) is 11.1. The molecule has 1 aromatic heterocycles. The summed E-state index contributed by atoms with van der Waals surface area (Å²) in [5.41, 5.74) is 0.931. The molecule has 0 saturated heterocycles. The molecule has 0 radical (unpaired) electrons. The van der Waals surface area contributed by atoms with Crippen molar-refractivity contribution in [3.05, 3.63) is 65.2 Å². The summed E-state index contributed by atoms with van der Waals surface area (Å²) in [4.78, 5) is 5.70. The monoisotopic (exact) mass is 296 g/mol. The zero-order chi connectivity index (χ0) is 15.2. The molecular weight excluding hydrogens is 281 g/mol. The van der Waals surface area contributed by atoms with Gasteiger partial charge in [0, 0.05) is 43.7 Å². The summed E-state index contributed by atoms with van der Waals surface area (Å²) >= 11 is 0. The number of hydrogen-bond donors (Lipinski definition) is 1. The van der Waals surface area contributed by atoms with Gasteiger partial charge in [0.05, 0.1) is 6.61 Å². The van der Waals surface area contributed by atoms with Crippen LogP contribution in [0.5, 0.6) is 0 Å². The summed E-state index contributed by atoms with van der Waals surface area (Å²) in [7, 11) is 0. The lowest BCUT2D eigenvalue weighted by Gasteiger charge is -2.21. The van der Waals surface area contributed by atoms with Crippen molar-refractivity contribution in [1.29, 1.82) is 0 Å². The summed E-state index contributed by atoms with van der Waals surface area (Å²) in [6.07, 6.45) is 3.29. The van der Waals surface area contributed by atoms with Crippen LogP contribution in [0.25, 0.3) is 0 Å². The lowest BCUT2D eigenvalue weighted by atomic mass is 10.1. The molecule has 0 fully saturated rings. The van der Waals surface area contributed by atoms with Crippen LogP contribution in [0.2, 0.25) is 0 Å². The predicted molar refractivity (Wildman–Crippen MR) is 71.8 cm³/mol. The predicted octanol–water partition coefficient (Wildman–Crippen LogP) is 2.49. The maximum Gasteiger partial charge on any atom is 0.161 e. The molecule has 6 heteroatoms. The third-order valence-electron chi connectivity index (χ3n) is 3.03. The number of aromatic nitrogens is 1. The van der Waals surface area contributed by atoms with Crippen molar-refractivity contribution in [1.82, 2.24) is 9.88 Å². The van der Waals surface area contributed by atoms with E-state index in [4.69, 9.17) is 5.11 Å². The van der Waals surface area contributed by atoms with Crippen LogP contribution in [-0.2, 0) is 13.1 Å². The van der Waals surface area contributed by atoms with Gasteiger partial charge >= 0.3 is 0 Å². The van der Waals surface area contributed by atoms with Crippen LogP contribution in [0, 0.1) is 17.5 Å². The van der Waals surface area contributed by atoms with E-state index in [2.05, 4.69) is 4.98 Å². The molecule has 0 bridgehead atoms. The smallest absolute Gasteiger partial charge is 0.161 e. The van der Waals surface area contributed by atoms with Crippen molar-refractivity contribution in [2.45, 2.75) is 13.1 Å². The number of pyridine rings is 1. The number of rotatable bonds is 6. The second-order valence-electron chi connectivity index (χ2n) is 4.65. The first kappa shape index (κ1) is 15.5. The van der Waals surface area contributed by atoms with Crippen LogP contribution in [0.4, 0.5) is 13.2 Å². The molecule has 2 aromatic rings. The van der Waals surface area contributed by atoms with Gasteiger partial charge in [0.15, 0.2) is 11.6 Å². The van der Waals surface area contributed by atoms with Crippen molar-refractivity contribution in [3.8, 4) is 0 Å². The molecule has 0 atom stereocenters. The highest BCUT2D eigenvalue weighted by molar-refractivity contribution is 5.20. The topological polar surface area (TPSA) is 36.4 Å². The van der Waals surface area contributed by atoms with Gasteiger partial charge < -0.3 is 5.11 Å². The van der Waals surface area contributed by atoms with Crippen molar-refractivity contribution in [3.63, 3.8) is 0 Å². The standard InChI is InChI=1S/C15H15F3N2O/c16-13-7-15(18)14(17)6-12(13)10-20(4-5-21)9-11-2-1-3-19-8-11/h1-3,6-8,21H,4-5,9-10H2. The zero-order valence-electron chi connectivity index (χ0n) is 11.3. The number of aliphatic hydroxyl groups excluding tert-OH is 1. The van der Waals surface area contributed by atoms with Gasteiger partial charge in [-0.15, -0.1) is 0 Å². The van der Waals surface area contributed by atoms with E-state index in [1.165, 1.54) is 0 Å². The van der Waals surface area contributed by atoms with Crippen molar-refractivity contribution >= 4 is 0 Å². The number of benzene rings is 1. The average molecular weight is 296 g/mol. The van der Waals surface area contributed by atoms with Crippen molar-refractivity contribution < 1.29 is 18.3 Å². The molecule has 2 rings (SSSR count). The first-order valence-electron chi connectivity index (χ1n) is 6.45. The molecular formula is C15H15F3N2O. The van der Waals surface area contributed by atoms with E-state index in [1.807, 2.05) is 6.07 Å². The van der Waals surface area contributed by atoms with Crippen molar-refractivity contribution in [2.24, 2.45) is 0 Å². The molecule has 0 spiro atoms. The molecule has 0 amide bonds. The maximum absolute atomic E-state index is 13.7. The van der Waals surface area contributed by atoms with Gasteiger partial charge in [-0.2, -0.15) is 0 Å². The van der Waals surface area contributed by atoms with Crippen LogP contribution < -0.4 is 0 Å². The first-order valence-corrected chi connectivity index (χ1v) is 6.45. The fourth-order valence-corrected chi connectivity index (χ4v) is 2.03. The van der Waals surface area contributed by atoms with Crippen LogP contribution in [0.3, 0.4) is 0 Å². The minimum absolute atomic E-state index is 0.0474. The average Bonchev–Trinajstić information content (AvgIpc) is 2.46. The van der Waals surface area contributed by atoms with E-state index in [0.717, 1.165) is 11.6 Å². The summed E-state index contributed by atoms with van der Waals surface area (Å²) in [5.74, 6) is -3.10. The largest absolute Gasteiger partial charge is 0.395 e. The SMILES string of the molecule is OCCN(Cc1cccnc1)Cc1cc(F)c(F)cc1F. The molecule has 0 aliphatic carbocycles. The van der Waals surface area contributed by atoms with Gasteiger partial charge in [0.25, 0.3) is 0 Å². The molecule has 1 N–H and O–H groups in total. The minimum Gasteiger partial charge on any atom is -0.395 e. The van der Waals surface area contributed by atoms with Gasteiger partial charge in [-0.3, -0.25) is 9.88 Å². The Labute approximate surface area is 120 Å². The highest BCUT2D eigenvalue weighted by atomic mass is 19.2. The Hall–Kier alpha value is -1.92. The van der Waals surface area contributed by atoms with E-state index in [9.17, 15) is 13.2 Å². The van der Waals surface area contributed by atoms with Crippen LogP contribution in [-0.4, -0.2) is 28.1 Å². The van der Waals surface area contributed by atoms with Crippen LogP contribution >= 0.6 is 0 Å². The zero-order valence-corrected chi connectivity index (χ0v) is 11.3. The highest BCUT2D eigenvalue weighted by Crippen LogP contribution is 2.16. The Morgan fingerprint density at radius 3 is 2.48 bits per heavy atom. The Morgan fingerprint density at radius 1 is 1.05 bits per heavy atom. The van der Waals surface area contributed by atoms with Gasteiger partial charge in [0.2, 0.25) is 0 Å². The molecule has 21 heavy (non-hydrogen) atoms. The quantitative estimate of drug-likeness (QED) is 0.832. The Balaban J connectivity index is 2.14. The van der Waals surface area contributed by atoms with E-state index in [1.54, 1.807) is 23.4 Å². The lowest BCUT2D eigenvalue weighted by Crippen LogP contribution is -2.26. The molecule has 1 heterocycles. The summed E-state index contributed by atoms with van der Waals surface area (Å²) in [5, 5.41) is 9.08. The van der Waals surface area contributed by atoms with Gasteiger partial charge in [-0.25, -0.2) is 13.2 Å². The molecule has 0 unspecified atom stereocenters. The third kappa shape index (κ3) is 4.27. The Bertz CT molecular complexity index is 593. The summed E-state index contributed by atoms with van der Waals surface area (Å²) in [6.45, 7) is 0.657. The lowest BCUT2D eigenvalue weighted by molar-refractivity contribution is 0.182. The van der Waals surface area contributed by atoms with Gasteiger partial charge in [-0.1, -0.05) is 6.07 Å². The maximum atomic E-state index is 13.7. The van der Waals surface area contributed by atoms with E-state index in [0.29, 0.717) is 12.6 Å². The number of hydrogen-bond acceptors (Lipinski definition) is 3. The molecule has 0 aliphatic heterocycles. The second-order valence-corrected chi connectivity index (χ2v) is 4.65. The summed E-state index contributed by atoms with van der Waals surface area (Å²) < 4.78 is 39.8. The molecule has 0 aliphatic rings. The Morgan fingerprint density at radius 2 is 1.81 bits per heavy atom. The van der Waals surface area contributed by atoms with Gasteiger partial charge in [-0.05, 0) is 17.7 Å². The molecule has 3 nitrogen and oxygen atoms in total. The number of halogens is 3. The fraction of sp³-hybridized carbons (Fsp3) is 0.267. The van der Waals surface area contributed by atoms with E-state index in [-0.39, 0.29) is 25.3 Å².